The summed E-state index contributed by atoms with van der Waals surface area (Å²) in [6.07, 6.45) is 6.72. The maximum atomic E-state index is 11.7. The fourth-order valence-corrected chi connectivity index (χ4v) is 3.72. The van der Waals surface area contributed by atoms with Crippen LogP contribution in [0.3, 0.4) is 0 Å². The van der Waals surface area contributed by atoms with Crippen molar-refractivity contribution >= 4 is 11.6 Å². The third-order valence-electron chi connectivity index (χ3n) is 5.30. The number of aliphatic hydroxyl groups is 1. The van der Waals surface area contributed by atoms with Crippen LogP contribution in [0.5, 0.6) is 11.5 Å². The third kappa shape index (κ3) is 5.67. The second kappa shape index (κ2) is 10.2. The van der Waals surface area contributed by atoms with Gasteiger partial charge in [0.25, 0.3) is 0 Å². The van der Waals surface area contributed by atoms with Gasteiger partial charge < -0.3 is 14.9 Å². The summed E-state index contributed by atoms with van der Waals surface area (Å²) in [6, 6.07) is 10.8. The van der Waals surface area contributed by atoms with Gasteiger partial charge in [-0.1, -0.05) is 12.1 Å². The van der Waals surface area contributed by atoms with E-state index in [9.17, 15) is 9.59 Å². The van der Waals surface area contributed by atoms with Gasteiger partial charge in [0, 0.05) is 30.6 Å². The number of hydrogen-bond donors (Lipinski definition) is 2. The first-order chi connectivity index (χ1) is 14.1. The van der Waals surface area contributed by atoms with E-state index in [1.807, 2.05) is 24.3 Å². The Morgan fingerprint density at radius 2 is 1.41 bits per heavy atom. The van der Waals surface area contributed by atoms with Crippen molar-refractivity contribution < 1.29 is 24.5 Å². The molecule has 2 aromatic rings. The summed E-state index contributed by atoms with van der Waals surface area (Å²) in [7, 11) is 0. The molecule has 0 aromatic heterocycles. The lowest BCUT2D eigenvalue weighted by Gasteiger charge is -2.15. The molecule has 4 rings (SSSR count). The van der Waals surface area contributed by atoms with Crippen LogP contribution >= 0.6 is 0 Å². The first-order valence-corrected chi connectivity index (χ1v) is 10.3. The van der Waals surface area contributed by atoms with E-state index in [1.54, 1.807) is 12.1 Å². The number of rotatable bonds is 5. The molecule has 0 saturated carbocycles. The zero-order chi connectivity index (χ0) is 20.6. The lowest BCUT2D eigenvalue weighted by molar-refractivity contribution is 0.0964. The van der Waals surface area contributed by atoms with Crippen LogP contribution < -0.4 is 4.74 Å². The number of fused-ring (bicyclic) bond motifs is 2. The Kier molecular flexibility index (Phi) is 7.42. The van der Waals surface area contributed by atoms with Gasteiger partial charge in [-0.2, -0.15) is 0 Å². The summed E-state index contributed by atoms with van der Waals surface area (Å²) in [6.45, 7) is 0.791. The Balaban J connectivity index is 0.000000176. The van der Waals surface area contributed by atoms with E-state index in [4.69, 9.17) is 14.9 Å². The quantitative estimate of drug-likeness (QED) is 0.738. The fourth-order valence-electron chi connectivity index (χ4n) is 3.72. The van der Waals surface area contributed by atoms with E-state index in [0.717, 1.165) is 61.0 Å². The minimum absolute atomic E-state index is 0.159. The second-order valence-corrected chi connectivity index (χ2v) is 7.49. The highest BCUT2D eigenvalue weighted by molar-refractivity contribution is 5.99. The number of aromatic hydroxyl groups is 1. The van der Waals surface area contributed by atoms with E-state index in [0.29, 0.717) is 25.0 Å². The van der Waals surface area contributed by atoms with Crippen LogP contribution in [0.4, 0.5) is 0 Å². The van der Waals surface area contributed by atoms with Crippen LogP contribution in [0, 0.1) is 0 Å². The van der Waals surface area contributed by atoms with Gasteiger partial charge >= 0.3 is 0 Å². The van der Waals surface area contributed by atoms with E-state index >= 15 is 0 Å². The molecule has 0 fully saturated rings. The average Bonchev–Trinajstić information content (AvgIpc) is 2.73. The van der Waals surface area contributed by atoms with E-state index < -0.39 is 0 Å². The van der Waals surface area contributed by atoms with Crippen LogP contribution in [0.1, 0.15) is 70.4 Å². The van der Waals surface area contributed by atoms with Gasteiger partial charge in [0.1, 0.15) is 11.5 Å². The number of ether oxygens (including phenoxy) is 1. The maximum Gasteiger partial charge on any atom is 0.163 e. The number of ketones is 2. The number of hydrogen-bond acceptors (Lipinski definition) is 5. The molecule has 0 saturated heterocycles. The van der Waals surface area contributed by atoms with Crippen LogP contribution in [-0.2, 0) is 12.8 Å². The number of unbranched alkanes of at least 4 members (excludes halogenated alkanes) is 1. The van der Waals surface area contributed by atoms with E-state index in [1.165, 1.54) is 0 Å². The monoisotopic (exact) mass is 396 g/mol. The normalized spacial score (nSPS) is 15.1. The SMILES string of the molecule is O=C1CCCc2ccc(O)cc21.O=C1CCCc2ccc(OCCCCO)cc21. The molecule has 5 nitrogen and oxygen atoms in total. The van der Waals surface area contributed by atoms with Crippen LogP contribution in [0.2, 0.25) is 0 Å². The number of carbonyl (C=O) groups excluding carboxylic acids is 2. The topological polar surface area (TPSA) is 83.8 Å². The molecule has 0 amide bonds. The van der Waals surface area contributed by atoms with Crippen molar-refractivity contribution in [1.29, 1.82) is 0 Å². The van der Waals surface area contributed by atoms with Crippen molar-refractivity contribution in [2.75, 3.05) is 13.2 Å². The summed E-state index contributed by atoms with van der Waals surface area (Å²) < 4.78 is 5.56. The zero-order valence-electron chi connectivity index (χ0n) is 16.7. The minimum Gasteiger partial charge on any atom is -0.508 e. The molecule has 2 aromatic carbocycles. The Morgan fingerprint density at radius 3 is 2.07 bits per heavy atom. The molecule has 0 radical (unpaired) electrons. The number of phenols is 1. The van der Waals surface area contributed by atoms with Crippen molar-refractivity contribution in [3.63, 3.8) is 0 Å². The molecule has 2 aliphatic carbocycles. The summed E-state index contributed by atoms with van der Waals surface area (Å²) in [4.78, 5) is 23.1. The summed E-state index contributed by atoms with van der Waals surface area (Å²) in [5.41, 5.74) is 3.75. The Hall–Kier alpha value is -2.66. The molecule has 2 N–H and O–H groups in total. The zero-order valence-corrected chi connectivity index (χ0v) is 16.7. The van der Waals surface area contributed by atoms with Gasteiger partial charge in [-0.25, -0.2) is 0 Å². The molecular formula is C24H28O5. The Labute approximate surface area is 171 Å². The lowest BCUT2D eigenvalue weighted by atomic mass is 9.90. The maximum absolute atomic E-state index is 11.7. The largest absolute Gasteiger partial charge is 0.508 e. The summed E-state index contributed by atoms with van der Waals surface area (Å²) >= 11 is 0. The molecule has 0 unspecified atom stereocenters. The number of aryl methyl sites for hydroxylation is 2. The number of Topliss-reactive ketones (excluding diaryl/α,β-unsaturated/α-hetero) is 2. The standard InChI is InChI=1S/C14H18O3.C10H10O2/c15-8-1-2-9-17-12-7-6-11-4-3-5-14(16)13(11)10-12;11-8-5-4-7-2-1-3-10(12)9(7)6-8/h6-7,10,15H,1-5,8-9H2;4-6,11H,1-3H2. The molecule has 5 heteroatoms. The van der Waals surface area contributed by atoms with Crippen molar-refractivity contribution in [3.05, 3.63) is 58.7 Å². The Bertz CT molecular complexity index is 872. The first-order valence-electron chi connectivity index (χ1n) is 10.3. The third-order valence-corrected chi connectivity index (χ3v) is 5.30. The fraction of sp³-hybridized carbons (Fsp3) is 0.417. The molecule has 2 aliphatic rings. The second-order valence-electron chi connectivity index (χ2n) is 7.49. The molecule has 0 aliphatic heterocycles. The van der Waals surface area contributed by atoms with Gasteiger partial charge in [-0.05, 0) is 73.9 Å². The van der Waals surface area contributed by atoms with E-state index in [2.05, 4.69) is 0 Å². The van der Waals surface area contributed by atoms with Crippen molar-refractivity contribution in [3.8, 4) is 11.5 Å². The van der Waals surface area contributed by atoms with E-state index in [-0.39, 0.29) is 23.9 Å². The minimum atomic E-state index is 0.159. The van der Waals surface area contributed by atoms with Crippen LogP contribution in [0.25, 0.3) is 0 Å². The Morgan fingerprint density at radius 1 is 0.793 bits per heavy atom. The van der Waals surface area contributed by atoms with Gasteiger partial charge in [-0.15, -0.1) is 0 Å². The molecule has 154 valence electrons. The molecule has 0 heterocycles. The highest BCUT2D eigenvalue weighted by Gasteiger charge is 2.18. The predicted octanol–water partition coefficient (Wildman–Crippen LogP) is 4.27. The van der Waals surface area contributed by atoms with Crippen molar-refractivity contribution in [2.45, 2.75) is 51.4 Å². The molecule has 29 heavy (non-hydrogen) atoms. The molecule has 0 spiro atoms. The number of phenolic OH excluding ortho intramolecular Hbond substituents is 1. The lowest BCUT2D eigenvalue weighted by Crippen LogP contribution is -2.11. The number of benzene rings is 2. The van der Waals surface area contributed by atoms with Gasteiger partial charge in [0.05, 0.1) is 6.61 Å². The summed E-state index contributed by atoms with van der Waals surface area (Å²) in [5.74, 6) is 1.33. The van der Waals surface area contributed by atoms with Crippen molar-refractivity contribution in [2.24, 2.45) is 0 Å². The van der Waals surface area contributed by atoms with Crippen molar-refractivity contribution in [1.82, 2.24) is 0 Å². The molecule has 0 atom stereocenters. The average molecular weight is 396 g/mol. The van der Waals surface area contributed by atoms with Crippen LogP contribution in [-0.4, -0.2) is 35.0 Å². The first kappa shape index (κ1) is 21.1. The van der Waals surface area contributed by atoms with Gasteiger partial charge in [0.2, 0.25) is 0 Å². The highest BCUT2D eigenvalue weighted by atomic mass is 16.5. The van der Waals surface area contributed by atoms with Gasteiger partial charge in [0.15, 0.2) is 11.6 Å². The molecular weight excluding hydrogens is 368 g/mol. The van der Waals surface area contributed by atoms with Crippen LogP contribution in [0.15, 0.2) is 36.4 Å². The summed E-state index contributed by atoms with van der Waals surface area (Å²) in [5, 5.41) is 17.8. The highest BCUT2D eigenvalue weighted by Crippen LogP contribution is 2.26. The smallest absolute Gasteiger partial charge is 0.163 e. The van der Waals surface area contributed by atoms with Gasteiger partial charge in [-0.3, -0.25) is 9.59 Å². The number of carbonyl (C=O) groups is 2. The molecule has 0 bridgehead atoms. The predicted molar refractivity (Wildman–Crippen MR) is 111 cm³/mol. The number of aliphatic hydroxyl groups excluding tert-OH is 1.